The molecule has 0 fully saturated rings. The average Bonchev–Trinajstić information content (AvgIpc) is 2.61. The van der Waals surface area contributed by atoms with E-state index >= 15 is 0 Å². The Bertz CT molecular complexity index is 804. The van der Waals surface area contributed by atoms with E-state index in [1.807, 2.05) is 25.1 Å². The minimum Gasteiger partial charge on any atom is -0.494 e. The fourth-order valence-corrected chi connectivity index (χ4v) is 2.84. The topological polar surface area (TPSA) is 90.6 Å². The molecule has 1 aliphatic rings. The maximum absolute atomic E-state index is 12.6. The Morgan fingerprint density at radius 3 is 2.84 bits per heavy atom. The molecule has 0 aliphatic carbocycles. The van der Waals surface area contributed by atoms with Crippen LogP contribution in [0, 0.1) is 5.92 Å². The van der Waals surface area contributed by atoms with Gasteiger partial charge in [0, 0.05) is 0 Å². The van der Waals surface area contributed by atoms with Crippen molar-refractivity contribution in [3.8, 4) is 11.5 Å². The van der Waals surface area contributed by atoms with E-state index in [2.05, 4.69) is 5.32 Å². The smallest absolute Gasteiger partial charge is 0.250 e. The Balaban J connectivity index is 1.74. The number of primary amides is 1. The van der Waals surface area contributed by atoms with E-state index in [0.717, 1.165) is 17.1 Å². The van der Waals surface area contributed by atoms with Crippen LogP contribution in [0.3, 0.4) is 0 Å². The minimum absolute atomic E-state index is 0.207. The van der Waals surface area contributed by atoms with E-state index < -0.39 is 5.91 Å². The quantitative estimate of drug-likeness (QED) is 0.874. The molecule has 1 heterocycles. The van der Waals surface area contributed by atoms with Crippen molar-refractivity contribution in [3.05, 3.63) is 53.6 Å². The fourth-order valence-electron chi connectivity index (χ4n) is 2.84. The molecule has 0 saturated heterocycles. The van der Waals surface area contributed by atoms with Gasteiger partial charge in [-0.25, -0.2) is 0 Å². The predicted molar refractivity (Wildman–Crippen MR) is 93.9 cm³/mol. The molecular formula is C19H20N2O4. The summed E-state index contributed by atoms with van der Waals surface area (Å²) in [4.78, 5) is 24.1. The van der Waals surface area contributed by atoms with Crippen molar-refractivity contribution in [2.24, 2.45) is 11.7 Å². The third-order valence-corrected chi connectivity index (χ3v) is 4.07. The highest BCUT2D eigenvalue weighted by molar-refractivity contribution is 6.03. The Morgan fingerprint density at radius 1 is 1.28 bits per heavy atom. The van der Waals surface area contributed by atoms with Crippen LogP contribution in [0.5, 0.6) is 11.5 Å². The highest BCUT2D eigenvalue weighted by atomic mass is 16.5. The summed E-state index contributed by atoms with van der Waals surface area (Å²) in [6, 6.07) is 12.3. The third-order valence-electron chi connectivity index (χ3n) is 4.07. The number of fused-ring (bicyclic) bond motifs is 1. The van der Waals surface area contributed by atoms with Crippen molar-refractivity contribution < 1.29 is 19.1 Å². The molecular weight excluding hydrogens is 320 g/mol. The van der Waals surface area contributed by atoms with Crippen molar-refractivity contribution in [3.63, 3.8) is 0 Å². The van der Waals surface area contributed by atoms with Gasteiger partial charge in [-0.1, -0.05) is 12.1 Å². The van der Waals surface area contributed by atoms with Gasteiger partial charge in [-0.15, -0.1) is 0 Å². The maximum atomic E-state index is 12.6. The lowest BCUT2D eigenvalue weighted by Gasteiger charge is -2.25. The molecule has 1 aliphatic heterocycles. The number of nitrogens with two attached hydrogens (primary N) is 1. The van der Waals surface area contributed by atoms with Gasteiger partial charge in [0.1, 0.15) is 18.1 Å². The monoisotopic (exact) mass is 340 g/mol. The summed E-state index contributed by atoms with van der Waals surface area (Å²) >= 11 is 0. The van der Waals surface area contributed by atoms with Crippen molar-refractivity contribution >= 4 is 17.5 Å². The molecule has 25 heavy (non-hydrogen) atoms. The van der Waals surface area contributed by atoms with Crippen LogP contribution in [-0.4, -0.2) is 25.0 Å². The van der Waals surface area contributed by atoms with E-state index in [4.69, 9.17) is 15.2 Å². The number of hydrogen-bond acceptors (Lipinski definition) is 4. The highest BCUT2D eigenvalue weighted by Crippen LogP contribution is 2.31. The Kier molecular flexibility index (Phi) is 4.88. The molecule has 0 saturated carbocycles. The lowest BCUT2D eigenvalue weighted by molar-refractivity contribution is -0.121. The predicted octanol–water partition coefficient (Wildman–Crippen LogP) is 2.37. The minimum atomic E-state index is -0.581. The second kappa shape index (κ2) is 7.25. The first-order chi connectivity index (χ1) is 12.1. The SMILES string of the molecule is CCOc1ccc2c(c1)CC(C(=O)Nc1ccccc1C(N)=O)CO2. The van der Waals surface area contributed by atoms with Crippen LogP contribution in [0.15, 0.2) is 42.5 Å². The van der Waals surface area contributed by atoms with Crippen LogP contribution in [0.4, 0.5) is 5.69 Å². The first-order valence-electron chi connectivity index (χ1n) is 8.16. The standard InChI is InChI=1S/C19H20N2O4/c1-2-24-14-7-8-17-12(10-14)9-13(11-25-17)19(23)21-16-6-4-3-5-15(16)18(20)22/h3-8,10,13H,2,9,11H2,1H3,(H2,20,22)(H,21,23). The molecule has 1 atom stereocenters. The van der Waals surface area contributed by atoms with Crippen LogP contribution < -0.4 is 20.5 Å². The summed E-state index contributed by atoms with van der Waals surface area (Å²) in [6.07, 6.45) is 0.542. The second-order valence-corrected chi connectivity index (χ2v) is 5.81. The van der Waals surface area contributed by atoms with Crippen molar-refractivity contribution in [2.75, 3.05) is 18.5 Å². The normalized spacial score (nSPS) is 15.6. The zero-order valence-electron chi connectivity index (χ0n) is 14.0. The van der Waals surface area contributed by atoms with Gasteiger partial charge in [0.05, 0.1) is 23.8 Å². The molecule has 2 aromatic rings. The van der Waals surface area contributed by atoms with Crippen LogP contribution in [-0.2, 0) is 11.2 Å². The van der Waals surface area contributed by atoms with E-state index in [1.165, 1.54) is 0 Å². The van der Waals surface area contributed by atoms with Gasteiger partial charge in [0.15, 0.2) is 0 Å². The third kappa shape index (κ3) is 3.74. The summed E-state index contributed by atoms with van der Waals surface area (Å²) in [5.41, 5.74) is 6.97. The van der Waals surface area contributed by atoms with Crippen LogP contribution in [0.25, 0.3) is 0 Å². The Labute approximate surface area is 145 Å². The average molecular weight is 340 g/mol. The van der Waals surface area contributed by atoms with Gasteiger partial charge in [0.2, 0.25) is 5.91 Å². The number of nitrogens with one attached hydrogen (secondary N) is 1. The van der Waals surface area contributed by atoms with Gasteiger partial charge in [0.25, 0.3) is 5.91 Å². The van der Waals surface area contributed by atoms with Gasteiger partial charge in [-0.2, -0.15) is 0 Å². The molecule has 0 spiro atoms. The van der Waals surface area contributed by atoms with E-state index in [9.17, 15) is 9.59 Å². The highest BCUT2D eigenvalue weighted by Gasteiger charge is 2.27. The van der Waals surface area contributed by atoms with Crippen molar-refractivity contribution in [1.29, 1.82) is 0 Å². The second-order valence-electron chi connectivity index (χ2n) is 5.81. The number of hydrogen-bond donors (Lipinski definition) is 2. The lowest BCUT2D eigenvalue weighted by atomic mass is 9.95. The van der Waals surface area contributed by atoms with E-state index in [1.54, 1.807) is 24.3 Å². The number of para-hydroxylation sites is 1. The van der Waals surface area contributed by atoms with Crippen LogP contribution >= 0.6 is 0 Å². The van der Waals surface area contributed by atoms with Gasteiger partial charge >= 0.3 is 0 Å². The van der Waals surface area contributed by atoms with E-state index in [-0.39, 0.29) is 24.0 Å². The molecule has 0 bridgehead atoms. The largest absolute Gasteiger partial charge is 0.494 e. The Hall–Kier alpha value is -3.02. The molecule has 0 aromatic heterocycles. The summed E-state index contributed by atoms with van der Waals surface area (Å²) in [5.74, 6) is 0.379. The zero-order chi connectivity index (χ0) is 17.8. The molecule has 130 valence electrons. The summed E-state index contributed by atoms with van der Waals surface area (Å²) in [5, 5.41) is 2.78. The molecule has 6 heteroatoms. The molecule has 3 rings (SSSR count). The summed E-state index contributed by atoms with van der Waals surface area (Å²) < 4.78 is 11.2. The number of benzene rings is 2. The number of amides is 2. The number of carbonyl (C=O) groups is 2. The molecule has 0 radical (unpaired) electrons. The number of carbonyl (C=O) groups excluding carboxylic acids is 2. The van der Waals surface area contributed by atoms with Gasteiger partial charge in [-0.3, -0.25) is 9.59 Å². The lowest BCUT2D eigenvalue weighted by Crippen LogP contribution is -2.33. The first-order valence-corrected chi connectivity index (χ1v) is 8.16. The summed E-state index contributed by atoms with van der Waals surface area (Å²) in [7, 11) is 0. The van der Waals surface area contributed by atoms with Crippen molar-refractivity contribution in [2.45, 2.75) is 13.3 Å². The molecule has 6 nitrogen and oxygen atoms in total. The van der Waals surface area contributed by atoms with Gasteiger partial charge in [-0.05, 0) is 49.2 Å². The number of ether oxygens (including phenoxy) is 2. The van der Waals surface area contributed by atoms with Crippen molar-refractivity contribution in [1.82, 2.24) is 0 Å². The number of rotatable bonds is 5. The molecule has 2 amide bonds. The summed E-state index contributed by atoms with van der Waals surface area (Å²) in [6.45, 7) is 2.78. The van der Waals surface area contributed by atoms with E-state index in [0.29, 0.717) is 18.7 Å². The number of anilines is 1. The Morgan fingerprint density at radius 2 is 2.08 bits per heavy atom. The molecule has 2 aromatic carbocycles. The van der Waals surface area contributed by atoms with Crippen LogP contribution in [0.2, 0.25) is 0 Å². The maximum Gasteiger partial charge on any atom is 0.250 e. The zero-order valence-corrected chi connectivity index (χ0v) is 14.0. The molecule has 3 N–H and O–H groups in total. The molecule has 1 unspecified atom stereocenters. The van der Waals surface area contributed by atoms with Crippen LogP contribution in [0.1, 0.15) is 22.8 Å². The first kappa shape index (κ1) is 16.8. The van der Waals surface area contributed by atoms with Gasteiger partial charge < -0.3 is 20.5 Å². The fraction of sp³-hybridized carbons (Fsp3) is 0.263.